The summed E-state index contributed by atoms with van der Waals surface area (Å²) in [6.45, 7) is 0.470. The highest BCUT2D eigenvalue weighted by Crippen LogP contribution is 2.22. The number of amides is 2. The lowest BCUT2D eigenvalue weighted by atomic mass is 10.2. The third-order valence-electron chi connectivity index (χ3n) is 2.66. The van der Waals surface area contributed by atoms with Crippen molar-refractivity contribution in [2.24, 2.45) is 0 Å². The van der Waals surface area contributed by atoms with Crippen LogP contribution in [0.25, 0.3) is 0 Å². The van der Waals surface area contributed by atoms with E-state index in [9.17, 15) is 4.79 Å². The summed E-state index contributed by atoms with van der Waals surface area (Å²) in [4.78, 5) is 14.6. The molecule has 0 bridgehead atoms. The van der Waals surface area contributed by atoms with E-state index in [1.165, 1.54) is 16.2 Å². The summed E-state index contributed by atoms with van der Waals surface area (Å²) in [6, 6.07) is 12.4. The summed E-state index contributed by atoms with van der Waals surface area (Å²) in [5.74, 6) is 0. The molecule has 6 heteroatoms. The smallest absolute Gasteiger partial charge is 0.321 e. The molecule has 0 saturated heterocycles. The molecular weight excluding hydrogens is 294 g/mol. The number of hydrogen-bond donors (Lipinski definition) is 1. The summed E-state index contributed by atoms with van der Waals surface area (Å²) in [5, 5.41) is 11.7. The van der Waals surface area contributed by atoms with Gasteiger partial charge in [-0.1, -0.05) is 23.7 Å². The minimum atomic E-state index is -0.266. The molecule has 20 heavy (non-hydrogen) atoms. The van der Waals surface area contributed by atoms with E-state index in [-0.39, 0.29) is 6.03 Å². The van der Waals surface area contributed by atoms with E-state index in [1.807, 2.05) is 12.1 Å². The molecule has 1 aromatic carbocycles. The molecule has 0 fully saturated rings. The maximum absolute atomic E-state index is 12.1. The maximum Gasteiger partial charge on any atom is 0.321 e. The highest BCUT2D eigenvalue weighted by molar-refractivity contribution is 7.16. The van der Waals surface area contributed by atoms with E-state index < -0.39 is 0 Å². The molecule has 1 heterocycles. The van der Waals surface area contributed by atoms with Gasteiger partial charge >= 0.3 is 6.03 Å². The third-order valence-corrected chi connectivity index (χ3v) is 3.87. The molecule has 2 amide bonds. The van der Waals surface area contributed by atoms with Gasteiger partial charge in [-0.2, -0.15) is 5.26 Å². The Labute approximate surface area is 126 Å². The number of hydrogen-bond acceptors (Lipinski definition) is 3. The maximum atomic E-state index is 12.1. The third kappa shape index (κ3) is 3.50. The van der Waals surface area contributed by atoms with Crippen LogP contribution in [-0.4, -0.2) is 18.0 Å². The van der Waals surface area contributed by atoms with Crippen LogP contribution < -0.4 is 5.32 Å². The number of nitriles is 1. The molecule has 2 rings (SSSR count). The fourth-order valence-corrected chi connectivity index (χ4v) is 2.78. The zero-order valence-electron chi connectivity index (χ0n) is 10.8. The van der Waals surface area contributed by atoms with Crippen LogP contribution >= 0.6 is 22.9 Å². The van der Waals surface area contributed by atoms with Gasteiger partial charge in [0.1, 0.15) is 6.07 Å². The van der Waals surface area contributed by atoms with Crippen LogP contribution in [0.5, 0.6) is 0 Å². The van der Waals surface area contributed by atoms with E-state index in [2.05, 4.69) is 5.32 Å². The standard InChI is InChI=1S/C14H12ClN3OS/c1-18(9-11-6-7-13(15)20-11)14(19)17-12-5-3-2-4-10(12)8-16/h2-7H,9H2,1H3,(H,17,19). The first-order valence-electron chi connectivity index (χ1n) is 5.85. The largest absolute Gasteiger partial charge is 0.322 e. The lowest BCUT2D eigenvalue weighted by Crippen LogP contribution is -2.30. The quantitative estimate of drug-likeness (QED) is 0.934. The molecular formula is C14H12ClN3OS. The average Bonchev–Trinajstić information content (AvgIpc) is 2.84. The monoisotopic (exact) mass is 305 g/mol. The number of carbonyl (C=O) groups is 1. The molecule has 0 radical (unpaired) electrons. The molecule has 4 nitrogen and oxygen atoms in total. The first-order valence-corrected chi connectivity index (χ1v) is 7.05. The Kier molecular flexibility index (Phi) is 4.61. The number of benzene rings is 1. The van der Waals surface area contributed by atoms with Gasteiger partial charge in [-0.25, -0.2) is 4.79 Å². The van der Waals surface area contributed by atoms with Crippen molar-refractivity contribution >= 4 is 34.7 Å². The van der Waals surface area contributed by atoms with E-state index in [0.29, 0.717) is 22.1 Å². The molecule has 102 valence electrons. The van der Waals surface area contributed by atoms with Crippen LogP contribution in [0.3, 0.4) is 0 Å². The van der Waals surface area contributed by atoms with Crippen molar-refractivity contribution in [3.63, 3.8) is 0 Å². The highest BCUT2D eigenvalue weighted by atomic mass is 35.5. The molecule has 2 aromatic rings. The summed E-state index contributed by atoms with van der Waals surface area (Å²) < 4.78 is 0.698. The van der Waals surface area contributed by atoms with Gasteiger partial charge in [0.2, 0.25) is 0 Å². The molecule has 1 aromatic heterocycles. The number of anilines is 1. The van der Waals surface area contributed by atoms with Crippen molar-refractivity contribution in [3.05, 3.63) is 51.2 Å². The van der Waals surface area contributed by atoms with Gasteiger partial charge in [0.25, 0.3) is 0 Å². The van der Waals surface area contributed by atoms with Gasteiger partial charge in [0.05, 0.1) is 22.1 Å². The summed E-state index contributed by atoms with van der Waals surface area (Å²) >= 11 is 7.30. The summed E-state index contributed by atoms with van der Waals surface area (Å²) in [7, 11) is 1.69. The molecule has 0 atom stereocenters. The molecule has 0 unspecified atom stereocenters. The first kappa shape index (κ1) is 14.4. The van der Waals surface area contributed by atoms with Crippen molar-refractivity contribution in [2.45, 2.75) is 6.54 Å². The Morgan fingerprint density at radius 1 is 1.40 bits per heavy atom. The number of para-hydroxylation sites is 1. The summed E-state index contributed by atoms with van der Waals surface area (Å²) in [5.41, 5.74) is 0.949. The molecule has 0 spiro atoms. The van der Waals surface area contributed by atoms with E-state index >= 15 is 0 Å². The second-order valence-electron chi connectivity index (χ2n) is 4.15. The Morgan fingerprint density at radius 2 is 2.15 bits per heavy atom. The molecule has 1 N–H and O–H groups in total. The van der Waals surface area contributed by atoms with Crippen molar-refractivity contribution in [1.29, 1.82) is 5.26 Å². The zero-order chi connectivity index (χ0) is 14.5. The normalized spacial score (nSPS) is 9.85. The molecule has 0 aliphatic rings. The number of nitrogens with zero attached hydrogens (tertiary/aromatic N) is 2. The van der Waals surface area contributed by atoms with Gasteiger partial charge in [-0.05, 0) is 24.3 Å². The van der Waals surface area contributed by atoms with Gasteiger partial charge in [-0.3, -0.25) is 0 Å². The highest BCUT2D eigenvalue weighted by Gasteiger charge is 2.12. The lowest BCUT2D eigenvalue weighted by Gasteiger charge is -2.17. The number of urea groups is 1. The average molecular weight is 306 g/mol. The lowest BCUT2D eigenvalue weighted by molar-refractivity contribution is 0.221. The Hall–Kier alpha value is -2.03. The summed E-state index contributed by atoms with van der Waals surface area (Å²) in [6.07, 6.45) is 0. The number of thiophene rings is 1. The van der Waals surface area contributed by atoms with Crippen LogP contribution in [0.15, 0.2) is 36.4 Å². The van der Waals surface area contributed by atoms with Crippen LogP contribution in [0.2, 0.25) is 4.34 Å². The van der Waals surface area contributed by atoms with Crippen molar-refractivity contribution in [2.75, 3.05) is 12.4 Å². The topological polar surface area (TPSA) is 56.1 Å². The van der Waals surface area contributed by atoms with E-state index in [0.717, 1.165) is 4.88 Å². The van der Waals surface area contributed by atoms with E-state index in [1.54, 1.807) is 37.4 Å². The van der Waals surface area contributed by atoms with E-state index in [4.69, 9.17) is 16.9 Å². The molecule has 0 aliphatic carbocycles. The Balaban J connectivity index is 2.02. The number of carbonyl (C=O) groups excluding carboxylic acids is 1. The second-order valence-corrected chi connectivity index (χ2v) is 5.95. The predicted molar refractivity (Wildman–Crippen MR) is 81.0 cm³/mol. The van der Waals surface area contributed by atoms with Gasteiger partial charge in [0, 0.05) is 11.9 Å². The van der Waals surface area contributed by atoms with Crippen LogP contribution in [0.1, 0.15) is 10.4 Å². The van der Waals surface area contributed by atoms with Gasteiger partial charge in [-0.15, -0.1) is 11.3 Å². The van der Waals surface area contributed by atoms with Crippen molar-refractivity contribution in [3.8, 4) is 6.07 Å². The first-order chi connectivity index (χ1) is 9.60. The SMILES string of the molecule is CN(Cc1ccc(Cl)s1)C(=O)Nc1ccccc1C#N. The molecule has 0 aliphatic heterocycles. The minimum Gasteiger partial charge on any atom is -0.322 e. The van der Waals surface area contributed by atoms with Gasteiger partial charge < -0.3 is 10.2 Å². The zero-order valence-corrected chi connectivity index (χ0v) is 12.3. The van der Waals surface area contributed by atoms with Crippen LogP contribution in [0.4, 0.5) is 10.5 Å². The number of nitrogens with one attached hydrogen (secondary N) is 1. The second kappa shape index (κ2) is 6.42. The minimum absolute atomic E-state index is 0.266. The fraction of sp³-hybridized carbons (Fsp3) is 0.143. The van der Waals surface area contributed by atoms with Crippen molar-refractivity contribution in [1.82, 2.24) is 4.90 Å². The van der Waals surface area contributed by atoms with Crippen LogP contribution in [-0.2, 0) is 6.54 Å². The fourth-order valence-electron chi connectivity index (χ4n) is 1.64. The molecule has 0 saturated carbocycles. The van der Waals surface area contributed by atoms with Crippen LogP contribution in [0, 0.1) is 11.3 Å². The van der Waals surface area contributed by atoms with Crippen molar-refractivity contribution < 1.29 is 4.79 Å². The Morgan fingerprint density at radius 3 is 2.80 bits per heavy atom. The number of halogens is 1. The number of rotatable bonds is 3. The van der Waals surface area contributed by atoms with Gasteiger partial charge in [0.15, 0.2) is 0 Å². The Bertz CT molecular complexity index is 662. The predicted octanol–water partition coefficient (Wildman–Crippen LogP) is 3.94.